The number of carbonyl (C=O) groups is 1. The molecule has 0 radical (unpaired) electrons. The zero-order valence-corrected chi connectivity index (χ0v) is 16.1. The number of nitrogens with one attached hydrogen (secondary N) is 1. The van der Waals surface area contributed by atoms with Crippen LogP contribution < -0.4 is 14.8 Å². The number of amides is 1. The van der Waals surface area contributed by atoms with Gasteiger partial charge in [-0.1, -0.05) is 30.3 Å². The third-order valence-electron chi connectivity index (χ3n) is 3.87. The molecule has 1 aromatic heterocycles. The number of fused-ring (bicyclic) bond motifs is 1. The standard InChI is InChI=1S/C19H15BrN2O3S/c20-15-10-17-16(24-6-7-25-17)9-14(15)18(23)22-19-21-11-13(26-19)8-12-4-2-1-3-5-12/h1-5,9-11H,6-8H2,(H,21,22,23). The van der Waals surface area contributed by atoms with E-state index in [1.165, 1.54) is 16.9 Å². The lowest BCUT2D eigenvalue weighted by Crippen LogP contribution is -2.17. The van der Waals surface area contributed by atoms with Gasteiger partial charge in [0.2, 0.25) is 0 Å². The molecule has 0 saturated heterocycles. The number of aromatic nitrogens is 1. The fraction of sp³-hybridized carbons (Fsp3) is 0.158. The van der Waals surface area contributed by atoms with E-state index in [0.29, 0.717) is 39.9 Å². The second-order valence-electron chi connectivity index (χ2n) is 5.72. The second-order valence-corrected chi connectivity index (χ2v) is 7.69. The topological polar surface area (TPSA) is 60.5 Å². The Labute approximate surface area is 163 Å². The molecule has 7 heteroatoms. The molecule has 0 unspecified atom stereocenters. The number of hydrogen-bond donors (Lipinski definition) is 1. The number of halogens is 1. The van der Waals surface area contributed by atoms with Gasteiger partial charge in [0.1, 0.15) is 13.2 Å². The minimum Gasteiger partial charge on any atom is -0.486 e. The summed E-state index contributed by atoms with van der Waals surface area (Å²) >= 11 is 4.90. The van der Waals surface area contributed by atoms with Gasteiger partial charge in [0.25, 0.3) is 5.91 Å². The van der Waals surface area contributed by atoms with Gasteiger partial charge in [-0.25, -0.2) is 4.98 Å². The lowest BCUT2D eigenvalue weighted by Gasteiger charge is -2.19. The highest BCUT2D eigenvalue weighted by molar-refractivity contribution is 9.10. The summed E-state index contributed by atoms with van der Waals surface area (Å²) in [5.74, 6) is 0.974. The summed E-state index contributed by atoms with van der Waals surface area (Å²) in [6.07, 6.45) is 2.59. The molecule has 26 heavy (non-hydrogen) atoms. The zero-order chi connectivity index (χ0) is 17.9. The molecule has 1 amide bonds. The quantitative estimate of drug-likeness (QED) is 0.660. The molecule has 5 nitrogen and oxygen atoms in total. The average molecular weight is 431 g/mol. The minimum atomic E-state index is -0.241. The number of thiazole rings is 1. The van der Waals surface area contributed by atoms with E-state index in [4.69, 9.17) is 9.47 Å². The Kier molecular flexibility index (Phi) is 4.90. The number of hydrogen-bond acceptors (Lipinski definition) is 5. The van der Waals surface area contributed by atoms with Crippen molar-refractivity contribution in [2.24, 2.45) is 0 Å². The number of rotatable bonds is 4. The number of anilines is 1. The molecule has 2 heterocycles. The predicted octanol–water partition coefficient (Wildman–Crippen LogP) is 4.52. The first kappa shape index (κ1) is 17.1. The van der Waals surface area contributed by atoms with Crippen LogP contribution in [0.5, 0.6) is 11.5 Å². The number of ether oxygens (including phenoxy) is 2. The smallest absolute Gasteiger partial charge is 0.258 e. The maximum Gasteiger partial charge on any atom is 0.258 e. The van der Waals surface area contributed by atoms with E-state index in [-0.39, 0.29) is 5.91 Å². The van der Waals surface area contributed by atoms with Gasteiger partial charge in [-0.05, 0) is 33.6 Å². The van der Waals surface area contributed by atoms with Crippen molar-refractivity contribution in [3.05, 3.63) is 69.1 Å². The van der Waals surface area contributed by atoms with Crippen molar-refractivity contribution in [3.8, 4) is 11.5 Å². The summed E-state index contributed by atoms with van der Waals surface area (Å²) in [7, 11) is 0. The number of nitrogens with zero attached hydrogens (tertiary/aromatic N) is 1. The fourth-order valence-corrected chi connectivity index (χ4v) is 3.99. The summed E-state index contributed by atoms with van der Waals surface area (Å²) in [5, 5.41) is 3.43. The van der Waals surface area contributed by atoms with E-state index in [2.05, 4.69) is 38.4 Å². The lowest BCUT2D eigenvalue weighted by molar-refractivity contribution is 0.102. The van der Waals surface area contributed by atoms with Crippen LogP contribution in [0.25, 0.3) is 0 Å². The molecule has 1 aliphatic rings. The Balaban J connectivity index is 1.48. The highest BCUT2D eigenvalue weighted by atomic mass is 79.9. The number of carbonyl (C=O) groups excluding carboxylic acids is 1. The van der Waals surface area contributed by atoms with Gasteiger partial charge in [0, 0.05) is 22.0 Å². The molecule has 2 aromatic carbocycles. The molecule has 0 aliphatic carbocycles. The van der Waals surface area contributed by atoms with Crippen LogP contribution in [-0.2, 0) is 6.42 Å². The molecule has 0 bridgehead atoms. The SMILES string of the molecule is O=C(Nc1ncc(Cc2ccccc2)s1)c1cc2c(cc1Br)OCCO2. The van der Waals surface area contributed by atoms with Gasteiger partial charge in [0.15, 0.2) is 16.6 Å². The molecule has 3 aromatic rings. The summed E-state index contributed by atoms with van der Waals surface area (Å²) < 4.78 is 11.7. The molecular weight excluding hydrogens is 416 g/mol. The second kappa shape index (κ2) is 7.47. The zero-order valence-electron chi connectivity index (χ0n) is 13.7. The first-order valence-corrected chi connectivity index (χ1v) is 9.69. The van der Waals surface area contributed by atoms with Crippen LogP contribution in [0.2, 0.25) is 0 Å². The van der Waals surface area contributed by atoms with Gasteiger partial charge in [-0.15, -0.1) is 11.3 Å². The van der Waals surface area contributed by atoms with Gasteiger partial charge < -0.3 is 9.47 Å². The summed E-state index contributed by atoms with van der Waals surface area (Å²) in [6, 6.07) is 13.6. The summed E-state index contributed by atoms with van der Waals surface area (Å²) in [5.41, 5.74) is 1.69. The molecule has 0 fully saturated rings. The van der Waals surface area contributed by atoms with Crippen molar-refractivity contribution < 1.29 is 14.3 Å². The van der Waals surface area contributed by atoms with Crippen molar-refractivity contribution in [3.63, 3.8) is 0 Å². The van der Waals surface area contributed by atoms with Crippen molar-refractivity contribution in [1.82, 2.24) is 4.98 Å². The van der Waals surface area contributed by atoms with Crippen LogP contribution in [0.15, 0.2) is 53.1 Å². The molecule has 0 saturated carbocycles. The van der Waals surface area contributed by atoms with E-state index in [9.17, 15) is 4.79 Å². The monoisotopic (exact) mass is 430 g/mol. The Morgan fingerprint density at radius 1 is 1.15 bits per heavy atom. The third kappa shape index (κ3) is 3.73. The number of benzene rings is 2. The van der Waals surface area contributed by atoms with E-state index >= 15 is 0 Å². The molecule has 0 spiro atoms. The van der Waals surface area contributed by atoms with Crippen LogP contribution in [0.3, 0.4) is 0 Å². The van der Waals surface area contributed by atoms with Crippen LogP contribution in [0.1, 0.15) is 20.8 Å². The fourth-order valence-electron chi connectivity index (χ4n) is 2.65. The van der Waals surface area contributed by atoms with Crippen LogP contribution >= 0.6 is 27.3 Å². The molecule has 1 N–H and O–H groups in total. The summed E-state index contributed by atoms with van der Waals surface area (Å²) in [6.45, 7) is 0.985. The van der Waals surface area contributed by atoms with Crippen LogP contribution in [0.4, 0.5) is 5.13 Å². The van der Waals surface area contributed by atoms with Gasteiger partial charge in [-0.2, -0.15) is 0 Å². The Bertz CT molecular complexity index is 943. The van der Waals surface area contributed by atoms with E-state index in [1.54, 1.807) is 18.3 Å². The predicted molar refractivity (Wildman–Crippen MR) is 104 cm³/mol. The Morgan fingerprint density at radius 2 is 1.88 bits per heavy atom. The highest BCUT2D eigenvalue weighted by Crippen LogP contribution is 2.36. The molecule has 1 aliphatic heterocycles. The van der Waals surface area contributed by atoms with Crippen molar-refractivity contribution in [2.45, 2.75) is 6.42 Å². The van der Waals surface area contributed by atoms with Gasteiger partial charge in [-0.3, -0.25) is 10.1 Å². The lowest BCUT2D eigenvalue weighted by atomic mass is 10.1. The first-order chi connectivity index (χ1) is 12.7. The molecule has 0 atom stereocenters. The van der Waals surface area contributed by atoms with Crippen molar-refractivity contribution in [1.29, 1.82) is 0 Å². The largest absolute Gasteiger partial charge is 0.486 e. The maximum absolute atomic E-state index is 12.6. The maximum atomic E-state index is 12.6. The van der Waals surface area contributed by atoms with E-state index < -0.39 is 0 Å². The average Bonchev–Trinajstić information content (AvgIpc) is 3.08. The molecule has 4 rings (SSSR count). The van der Waals surface area contributed by atoms with Crippen molar-refractivity contribution >= 4 is 38.3 Å². The minimum absolute atomic E-state index is 0.241. The summed E-state index contributed by atoms with van der Waals surface area (Å²) in [4.78, 5) is 18.0. The Morgan fingerprint density at radius 3 is 2.65 bits per heavy atom. The van der Waals surface area contributed by atoms with E-state index in [0.717, 1.165) is 11.3 Å². The Hall–Kier alpha value is -2.38. The van der Waals surface area contributed by atoms with Crippen LogP contribution in [0, 0.1) is 0 Å². The third-order valence-corrected chi connectivity index (χ3v) is 5.44. The van der Waals surface area contributed by atoms with Gasteiger partial charge in [0.05, 0.1) is 5.56 Å². The molecular formula is C19H15BrN2O3S. The van der Waals surface area contributed by atoms with E-state index in [1.807, 2.05) is 18.2 Å². The molecule has 132 valence electrons. The van der Waals surface area contributed by atoms with Crippen LogP contribution in [-0.4, -0.2) is 24.1 Å². The normalized spacial score (nSPS) is 12.7. The van der Waals surface area contributed by atoms with Gasteiger partial charge >= 0.3 is 0 Å². The highest BCUT2D eigenvalue weighted by Gasteiger charge is 2.19. The van der Waals surface area contributed by atoms with Crippen molar-refractivity contribution in [2.75, 3.05) is 18.5 Å². The first-order valence-electron chi connectivity index (χ1n) is 8.08.